The highest BCUT2D eigenvalue weighted by Crippen LogP contribution is 2.27. The van der Waals surface area contributed by atoms with Crippen molar-refractivity contribution in [3.8, 4) is 0 Å². The van der Waals surface area contributed by atoms with Gasteiger partial charge in [0.15, 0.2) is 0 Å². The lowest BCUT2D eigenvalue weighted by molar-refractivity contribution is -0.140. The van der Waals surface area contributed by atoms with E-state index in [-0.39, 0.29) is 11.9 Å². The van der Waals surface area contributed by atoms with E-state index in [4.69, 9.17) is 0 Å². The summed E-state index contributed by atoms with van der Waals surface area (Å²) >= 11 is 0. The number of carbonyl (C=O) groups is 2. The van der Waals surface area contributed by atoms with Gasteiger partial charge in [-0.25, -0.2) is 0 Å². The van der Waals surface area contributed by atoms with Gasteiger partial charge in [0.25, 0.3) is 0 Å². The zero-order valence-corrected chi connectivity index (χ0v) is 10.9. The summed E-state index contributed by atoms with van der Waals surface area (Å²) in [5, 5.41) is 17.7. The number of nitrogens with one attached hydrogen (secondary N) is 3. The minimum atomic E-state index is -0.920. The van der Waals surface area contributed by atoms with Gasteiger partial charge in [-0.05, 0) is 31.3 Å². The number of amides is 1. The van der Waals surface area contributed by atoms with Crippen LogP contribution in [0.1, 0.15) is 17.2 Å². The predicted octanol–water partition coefficient (Wildman–Crippen LogP) is 0.114. The van der Waals surface area contributed by atoms with Gasteiger partial charge >= 0.3 is 5.97 Å². The van der Waals surface area contributed by atoms with Crippen LogP contribution in [0.2, 0.25) is 0 Å². The topological polar surface area (TPSA) is 90.5 Å². The van der Waals surface area contributed by atoms with Gasteiger partial charge in [-0.3, -0.25) is 9.59 Å². The second kappa shape index (κ2) is 5.38. The van der Waals surface area contributed by atoms with Crippen LogP contribution < -0.4 is 16.0 Å². The summed E-state index contributed by atoms with van der Waals surface area (Å²) in [6, 6.07) is 4.44. The summed E-state index contributed by atoms with van der Waals surface area (Å²) in [4.78, 5) is 22.5. The molecule has 2 unspecified atom stereocenters. The first-order valence-electron chi connectivity index (χ1n) is 6.07. The van der Waals surface area contributed by atoms with Crippen LogP contribution in [0.5, 0.6) is 0 Å². The Bertz CT molecular complexity index is 516. The third-order valence-corrected chi connectivity index (χ3v) is 3.33. The Labute approximate surface area is 111 Å². The first-order valence-corrected chi connectivity index (χ1v) is 6.07. The molecule has 0 aromatic heterocycles. The summed E-state index contributed by atoms with van der Waals surface area (Å²) in [5.74, 6) is -0.951. The van der Waals surface area contributed by atoms with Gasteiger partial charge in [0, 0.05) is 5.69 Å². The van der Waals surface area contributed by atoms with Gasteiger partial charge in [-0.15, -0.1) is 0 Å². The molecule has 2 rings (SSSR count). The molecule has 2 atom stereocenters. The summed E-state index contributed by atoms with van der Waals surface area (Å²) in [5.41, 5.74) is 2.56. The largest absolute Gasteiger partial charge is 0.480 e. The van der Waals surface area contributed by atoms with Gasteiger partial charge in [0.05, 0.1) is 12.5 Å². The molecule has 6 nitrogen and oxygen atoms in total. The third kappa shape index (κ3) is 2.59. The van der Waals surface area contributed by atoms with Crippen LogP contribution in [0.3, 0.4) is 0 Å². The highest BCUT2D eigenvalue weighted by atomic mass is 16.4. The Balaban J connectivity index is 2.32. The molecule has 1 aliphatic rings. The maximum absolute atomic E-state index is 11.3. The minimum absolute atomic E-state index is 0.0310. The van der Waals surface area contributed by atoms with E-state index in [1.165, 1.54) is 0 Å². The fourth-order valence-electron chi connectivity index (χ4n) is 2.40. The Hall–Kier alpha value is -1.92. The van der Waals surface area contributed by atoms with Gasteiger partial charge in [0.2, 0.25) is 5.91 Å². The molecule has 1 aromatic rings. The molecule has 0 fully saturated rings. The molecule has 4 N–H and O–H groups in total. The number of carboxylic acids is 1. The molecule has 0 spiro atoms. The van der Waals surface area contributed by atoms with Crippen molar-refractivity contribution in [3.63, 3.8) is 0 Å². The highest BCUT2D eigenvalue weighted by molar-refractivity contribution is 5.99. The van der Waals surface area contributed by atoms with Crippen LogP contribution in [-0.4, -0.2) is 37.1 Å². The number of likely N-dealkylation sites (N-methyl/N-ethyl adjacent to an activating group) is 2. The number of carboxylic acid groups (broad SMARTS) is 1. The van der Waals surface area contributed by atoms with Crippen molar-refractivity contribution in [1.29, 1.82) is 0 Å². The van der Waals surface area contributed by atoms with Crippen molar-refractivity contribution in [2.24, 2.45) is 0 Å². The molecule has 0 radical (unpaired) electrons. The Morgan fingerprint density at radius 2 is 2.11 bits per heavy atom. The average Bonchev–Trinajstić information content (AvgIpc) is 2.74. The molecule has 0 aliphatic carbocycles. The van der Waals surface area contributed by atoms with E-state index in [9.17, 15) is 14.7 Å². The summed E-state index contributed by atoms with van der Waals surface area (Å²) < 4.78 is 0. The number of benzene rings is 1. The number of hydrogen-bond acceptors (Lipinski definition) is 4. The highest BCUT2D eigenvalue weighted by Gasteiger charge is 2.28. The molecule has 0 bridgehead atoms. The number of carbonyl (C=O) groups excluding carboxylic acids is 1. The molecule has 1 aromatic carbocycles. The van der Waals surface area contributed by atoms with E-state index < -0.39 is 12.0 Å². The van der Waals surface area contributed by atoms with Crippen LogP contribution in [0, 0.1) is 0 Å². The zero-order chi connectivity index (χ0) is 14.0. The fraction of sp³-hybridized carbons (Fsp3) is 0.385. The second-order valence-electron chi connectivity index (χ2n) is 4.51. The monoisotopic (exact) mass is 263 g/mol. The number of aliphatic carboxylic acids is 1. The smallest absolute Gasteiger partial charge is 0.322 e. The van der Waals surface area contributed by atoms with Gasteiger partial charge in [-0.2, -0.15) is 0 Å². The number of rotatable bonds is 5. The van der Waals surface area contributed by atoms with Crippen molar-refractivity contribution in [3.05, 3.63) is 29.3 Å². The summed E-state index contributed by atoms with van der Waals surface area (Å²) in [6.45, 7) is 0. The molecule has 1 aliphatic heterocycles. The van der Waals surface area contributed by atoms with E-state index >= 15 is 0 Å². The Morgan fingerprint density at radius 3 is 2.68 bits per heavy atom. The van der Waals surface area contributed by atoms with Gasteiger partial charge < -0.3 is 21.1 Å². The van der Waals surface area contributed by atoms with Gasteiger partial charge in [0.1, 0.15) is 6.04 Å². The number of anilines is 1. The second-order valence-corrected chi connectivity index (χ2v) is 4.51. The quantitative estimate of drug-likeness (QED) is 0.605. The van der Waals surface area contributed by atoms with E-state index in [0.29, 0.717) is 6.42 Å². The van der Waals surface area contributed by atoms with Crippen molar-refractivity contribution in [2.45, 2.75) is 18.5 Å². The van der Waals surface area contributed by atoms with Crippen molar-refractivity contribution < 1.29 is 14.7 Å². The van der Waals surface area contributed by atoms with Crippen LogP contribution >= 0.6 is 0 Å². The number of fused-ring (bicyclic) bond motifs is 1. The molecular weight excluding hydrogens is 246 g/mol. The Kier molecular flexibility index (Phi) is 3.82. The molecular formula is C13H17N3O3. The van der Waals surface area contributed by atoms with Crippen LogP contribution in [0.4, 0.5) is 5.69 Å². The predicted molar refractivity (Wildman–Crippen MR) is 71.1 cm³/mol. The minimum Gasteiger partial charge on any atom is -0.480 e. The molecule has 1 amide bonds. The first-order chi connectivity index (χ1) is 9.06. The van der Waals surface area contributed by atoms with E-state index in [1.54, 1.807) is 14.1 Å². The standard InChI is InChI=1S/C13H17N3O3/c1-14-11(12(15-2)13(18)19)7-3-4-9-8(5-7)6-10(17)16-9/h3-5,11-12,14-15H,6H2,1-2H3,(H,16,17)(H,18,19). The molecule has 102 valence electrons. The van der Waals surface area contributed by atoms with Crippen molar-refractivity contribution >= 4 is 17.6 Å². The van der Waals surface area contributed by atoms with E-state index in [1.807, 2.05) is 18.2 Å². The lowest BCUT2D eigenvalue weighted by Gasteiger charge is -2.24. The van der Waals surface area contributed by atoms with Crippen LogP contribution in [0.15, 0.2) is 18.2 Å². The molecule has 0 saturated carbocycles. The maximum Gasteiger partial charge on any atom is 0.322 e. The maximum atomic E-state index is 11.3. The normalized spacial score (nSPS) is 16.6. The SMILES string of the molecule is CNC(C(=O)O)C(NC)c1ccc2c(c1)CC(=O)N2. The summed E-state index contributed by atoms with van der Waals surface area (Å²) in [6.07, 6.45) is 0.344. The fourth-order valence-corrected chi connectivity index (χ4v) is 2.40. The Morgan fingerprint density at radius 1 is 1.37 bits per heavy atom. The van der Waals surface area contributed by atoms with Crippen LogP contribution in [-0.2, 0) is 16.0 Å². The van der Waals surface area contributed by atoms with Crippen LogP contribution in [0.25, 0.3) is 0 Å². The zero-order valence-electron chi connectivity index (χ0n) is 10.9. The molecule has 19 heavy (non-hydrogen) atoms. The van der Waals surface area contributed by atoms with Crippen molar-refractivity contribution in [2.75, 3.05) is 19.4 Å². The lowest BCUT2D eigenvalue weighted by atomic mass is 9.97. The molecule has 6 heteroatoms. The molecule has 0 saturated heterocycles. The number of hydrogen-bond donors (Lipinski definition) is 4. The van der Waals surface area contributed by atoms with Crippen molar-refractivity contribution in [1.82, 2.24) is 10.6 Å². The first kappa shape index (κ1) is 13.5. The lowest BCUT2D eigenvalue weighted by Crippen LogP contribution is -2.44. The van der Waals surface area contributed by atoms with E-state index in [2.05, 4.69) is 16.0 Å². The van der Waals surface area contributed by atoms with Gasteiger partial charge in [-0.1, -0.05) is 12.1 Å². The average molecular weight is 263 g/mol. The summed E-state index contributed by atoms with van der Waals surface area (Å²) in [7, 11) is 3.33. The third-order valence-electron chi connectivity index (χ3n) is 3.33. The van der Waals surface area contributed by atoms with E-state index in [0.717, 1.165) is 16.8 Å². The molecule has 1 heterocycles.